The smallest absolute Gasteiger partial charge is 0.124 e. The molecule has 0 amide bonds. The lowest BCUT2D eigenvalue weighted by atomic mass is 10.1. The highest BCUT2D eigenvalue weighted by Gasteiger charge is 2.06. The van der Waals surface area contributed by atoms with Gasteiger partial charge in [-0.15, -0.1) is 0 Å². The van der Waals surface area contributed by atoms with E-state index >= 15 is 0 Å². The number of benzene rings is 3. The molecule has 5 heteroatoms. The molecule has 1 N–H and O–H groups in total. The average molecular weight is 421 g/mol. The van der Waals surface area contributed by atoms with Gasteiger partial charge in [0.2, 0.25) is 0 Å². The van der Waals surface area contributed by atoms with E-state index in [0.717, 1.165) is 41.4 Å². The maximum atomic E-state index is 6.22. The third-order valence-electron chi connectivity index (χ3n) is 4.19. The predicted octanol–water partition coefficient (Wildman–Crippen LogP) is 6.56. The number of rotatable bonds is 8. The molecule has 0 fully saturated rings. The van der Waals surface area contributed by atoms with Gasteiger partial charge < -0.3 is 10.1 Å². The summed E-state index contributed by atoms with van der Waals surface area (Å²) in [7, 11) is 0. The minimum absolute atomic E-state index is 0.401. The molecule has 0 saturated heterocycles. The number of ether oxygens (including phenoxy) is 1. The Morgan fingerprint density at radius 1 is 0.778 bits per heavy atom. The molecule has 3 rings (SSSR count). The van der Waals surface area contributed by atoms with Gasteiger partial charge in [-0.3, -0.25) is 0 Å². The highest BCUT2D eigenvalue weighted by Crippen LogP contribution is 2.24. The SMILES string of the molecule is Clc1ccc(CCNCc2ccccc2OCc2ccc(Cl)cc2Cl)cc1. The van der Waals surface area contributed by atoms with Crippen molar-refractivity contribution in [3.8, 4) is 5.75 Å². The van der Waals surface area contributed by atoms with Gasteiger partial charge in [-0.1, -0.05) is 71.2 Å². The molecule has 2 nitrogen and oxygen atoms in total. The molecule has 0 bridgehead atoms. The van der Waals surface area contributed by atoms with Gasteiger partial charge in [-0.05, 0) is 48.9 Å². The number of hydrogen-bond acceptors (Lipinski definition) is 2. The number of halogens is 3. The Balaban J connectivity index is 1.53. The first-order valence-electron chi connectivity index (χ1n) is 8.71. The molecular weight excluding hydrogens is 401 g/mol. The zero-order valence-corrected chi connectivity index (χ0v) is 17.0. The Morgan fingerprint density at radius 3 is 2.30 bits per heavy atom. The highest BCUT2D eigenvalue weighted by atomic mass is 35.5. The minimum Gasteiger partial charge on any atom is -0.489 e. The monoisotopic (exact) mass is 419 g/mol. The van der Waals surface area contributed by atoms with E-state index in [2.05, 4.69) is 23.5 Å². The molecule has 0 aliphatic carbocycles. The number of nitrogens with one attached hydrogen (secondary N) is 1. The molecular formula is C22H20Cl3NO. The Labute approximate surface area is 175 Å². The van der Waals surface area contributed by atoms with Crippen molar-refractivity contribution < 1.29 is 4.74 Å². The van der Waals surface area contributed by atoms with Gasteiger partial charge in [0.1, 0.15) is 12.4 Å². The Hall–Kier alpha value is -1.71. The van der Waals surface area contributed by atoms with Crippen LogP contribution in [0.4, 0.5) is 0 Å². The van der Waals surface area contributed by atoms with Gasteiger partial charge in [0.25, 0.3) is 0 Å². The van der Waals surface area contributed by atoms with Crippen LogP contribution >= 0.6 is 34.8 Å². The number of hydrogen-bond donors (Lipinski definition) is 1. The van der Waals surface area contributed by atoms with Crippen molar-refractivity contribution in [3.63, 3.8) is 0 Å². The van der Waals surface area contributed by atoms with E-state index in [4.69, 9.17) is 39.5 Å². The summed E-state index contributed by atoms with van der Waals surface area (Å²) in [5.41, 5.74) is 3.28. The molecule has 3 aromatic carbocycles. The Kier molecular flexibility index (Phi) is 7.42. The second kappa shape index (κ2) is 10.0. The molecule has 0 aromatic heterocycles. The summed E-state index contributed by atoms with van der Waals surface area (Å²) in [5, 5.41) is 5.46. The maximum absolute atomic E-state index is 6.22. The summed E-state index contributed by atoms with van der Waals surface area (Å²) in [4.78, 5) is 0. The molecule has 0 atom stereocenters. The second-order valence-corrected chi connectivity index (χ2v) is 7.47. The van der Waals surface area contributed by atoms with Crippen LogP contribution in [0, 0.1) is 0 Å². The molecule has 0 heterocycles. The van der Waals surface area contributed by atoms with Crippen LogP contribution in [-0.2, 0) is 19.6 Å². The van der Waals surface area contributed by atoms with Crippen LogP contribution in [0.15, 0.2) is 66.7 Å². The predicted molar refractivity (Wildman–Crippen MR) is 114 cm³/mol. The summed E-state index contributed by atoms with van der Waals surface area (Å²) in [6.45, 7) is 2.01. The fourth-order valence-electron chi connectivity index (χ4n) is 2.69. The third-order valence-corrected chi connectivity index (χ3v) is 5.03. The van der Waals surface area contributed by atoms with Gasteiger partial charge in [0.05, 0.1) is 0 Å². The Bertz CT molecular complexity index is 881. The van der Waals surface area contributed by atoms with Crippen molar-refractivity contribution >= 4 is 34.8 Å². The van der Waals surface area contributed by atoms with Crippen LogP contribution in [0.1, 0.15) is 16.7 Å². The summed E-state index contributed by atoms with van der Waals surface area (Å²) in [6, 6.07) is 21.4. The van der Waals surface area contributed by atoms with Crippen LogP contribution < -0.4 is 10.1 Å². The van der Waals surface area contributed by atoms with Crippen molar-refractivity contribution in [1.82, 2.24) is 5.32 Å². The molecule has 0 spiro atoms. The molecule has 0 aliphatic rings. The number of para-hydroxylation sites is 1. The standard InChI is InChI=1S/C22H20Cl3NO/c23-19-8-5-16(6-9-19)11-12-26-14-17-3-1-2-4-22(17)27-15-18-7-10-20(24)13-21(18)25/h1-10,13,26H,11-12,14-15H2. The molecule has 0 aliphatic heterocycles. The lowest BCUT2D eigenvalue weighted by Gasteiger charge is -2.13. The highest BCUT2D eigenvalue weighted by molar-refractivity contribution is 6.35. The van der Waals surface area contributed by atoms with Crippen molar-refractivity contribution in [1.29, 1.82) is 0 Å². The Morgan fingerprint density at radius 2 is 1.52 bits per heavy atom. The third kappa shape index (κ3) is 6.15. The molecule has 0 unspecified atom stereocenters. The average Bonchev–Trinajstić information content (AvgIpc) is 2.67. The lowest BCUT2D eigenvalue weighted by Crippen LogP contribution is -2.17. The fourth-order valence-corrected chi connectivity index (χ4v) is 3.28. The largest absolute Gasteiger partial charge is 0.489 e. The second-order valence-electron chi connectivity index (χ2n) is 6.19. The van der Waals surface area contributed by atoms with Crippen molar-refractivity contribution in [3.05, 3.63) is 98.5 Å². The van der Waals surface area contributed by atoms with Crippen molar-refractivity contribution in [2.45, 2.75) is 19.6 Å². The van der Waals surface area contributed by atoms with Crippen molar-refractivity contribution in [2.75, 3.05) is 6.54 Å². The van der Waals surface area contributed by atoms with Gasteiger partial charge in [0, 0.05) is 32.7 Å². The topological polar surface area (TPSA) is 21.3 Å². The van der Waals surface area contributed by atoms with Crippen LogP contribution in [0.5, 0.6) is 5.75 Å². The van der Waals surface area contributed by atoms with E-state index < -0.39 is 0 Å². The van der Waals surface area contributed by atoms with E-state index in [0.29, 0.717) is 16.7 Å². The molecule has 0 radical (unpaired) electrons. The van der Waals surface area contributed by atoms with Gasteiger partial charge >= 0.3 is 0 Å². The molecule has 0 saturated carbocycles. The molecule has 140 valence electrons. The van der Waals surface area contributed by atoms with Gasteiger partial charge in [0.15, 0.2) is 0 Å². The summed E-state index contributed by atoms with van der Waals surface area (Å²) < 4.78 is 5.99. The van der Waals surface area contributed by atoms with Crippen LogP contribution in [0.3, 0.4) is 0 Å². The summed E-state index contributed by atoms with van der Waals surface area (Å²) >= 11 is 18.1. The summed E-state index contributed by atoms with van der Waals surface area (Å²) in [6.07, 6.45) is 0.945. The van der Waals surface area contributed by atoms with Gasteiger partial charge in [-0.25, -0.2) is 0 Å². The normalized spacial score (nSPS) is 10.8. The van der Waals surface area contributed by atoms with Gasteiger partial charge in [-0.2, -0.15) is 0 Å². The minimum atomic E-state index is 0.401. The van der Waals surface area contributed by atoms with Crippen LogP contribution in [0.2, 0.25) is 15.1 Å². The van der Waals surface area contributed by atoms with E-state index in [9.17, 15) is 0 Å². The first-order chi connectivity index (χ1) is 13.1. The van der Waals surface area contributed by atoms with E-state index in [1.807, 2.05) is 42.5 Å². The van der Waals surface area contributed by atoms with Crippen molar-refractivity contribution in [2.24, 2.45) is 0 Å². The molecule has 3 aromatic rings. The van der Waals surface area contributed by atoms with E-state index in [1.54, 1.807) is 6.07 Å². The van der Waals surface area contributed by atoms with Crippen LogP contribution in [-0.4, -0.2) is 6.54 Å². The zero-order chi connectivity index (χ0) is 19.1. The quantitative estimate of drug-likeness (QED) is 0.417. The fraction of sp³-hybridized carbons (Fsp3) is 0.182. The first kappa shape index (κ1) is 20.0. The lowest BCUT2D eigenvalue weighted by molar-refractivity contribution is 0.302. The molecule has 27 heavy (non-hydrogen) atoms. The maximum Gasteiger partial charge on any atom is 0.124 e. The van der Waals surface area contributed by atoms with E-state index in [-0.39, 0.29) is 0 Å². The first-order valence-corrected chi connectivity index (χ1v) is 9.85. The van der Waals surface area contributed by atoms with Crippen LogP contribution in [0.25, 0.3) is 0 Å². The van der Waals surface area contributed by atoms with E-state index in [1.165, 1.54) is 5.56 Å². The summed E-state index contributed by atoms with van der Waals surface area (Å²) in [5.74, 6) is 0.850. The zero-order valence-electron chi connectivity index (χ0n) is 14.7.